The van der Waals surface area contributed by atoms with Crippen LogP contribution in [0.5, 0.6) is 5.75 Å². The zero-order valence-electron chi connectivity index (χ0n) is 11.2. The van der Waals surface area contributed by atoms with Crippen LogP contribution < -0.4 is 4.74 Å². The highest BCUT2D eigenvalue weighted by Crippen LogP contribution is 2.32. The molecule has 1 nitrogen and oxygen atoms in total. The number of hydrogen-bond donors (Lipinski definition) is 0. The molecule has 1 unspecified atom stereocenters. The molecular weight excluding hydrogens is 312 g/mol. The lowest BCUT2D eigenvalue weighted by Crippen LogP contribution is -1.93. The first-order valence-corrected chi connectivity index (χ1v) is 7.89. The summed E-state index contributed by atoms with van der Waals surface area (Å²) in [5.74, 6) is 0.852. The molecule has 0 bridgehead atoms. The number of rotatable bonds is 8. The highest BCUT2D eigenvalue weighted by atomic mass is 79.9. The fraction of sp³-hybridized carbons (Fsp3) is 0.600. The molecule has 0 amide bonds. The Kier molecular flexibility index (Phi) is 7.76. The predicted octanol–water partition coefficient (Wildman–Crippen LogP) is 6.10. The van der Waals surface area contributed by atoms with Crippen LogP contribution in [0.1, 0.15) is 56.4 Å². The molecule has 0 radical (unpaired) electrons. The molecule has 0 aliphatic rings. The molecule has 0 aliphatic carbocycles. The number of ether oxygens (including phenoxy) is 1. The van der Waals surface area contributed by atoms with Crippen molar-refractivity contribution >= 4 is 27.5 Å². The summed E-state index contributed by atoms with van der Waals surface area (Å²) in [6, 6.07) is 6.07. The lowest BCUT2D eigenvalue weighted by Gasteiger charge is -2.11. The van der Waals surface area contributed by atoms with E-state index in [4.69, 9.17) is 16.3 Å². The molecule has 0 aliphatic heterocycles. The maximum absolute atomic E-state index is 6.42. The highest BCUT2D eigenvalue weighted by molar-refractivity contribution is 9.10. The molecule has 0 fully saturated rings. The van der Waals surface area contributed by atoms with E-state index in [-0.39, 0.29) is 5.38 Å². The monoisotopic (exact) mass is 332 g/mol. The van der Waals surface area contributed by atoms with Gasteiger partial charge in [0, 0.05) is 0 Å². The topological polar surface area (TPSA) is 9.23 Å². The first kappa shape index (κ1) is 15.8. The molecule has 0 saturated carbocycles. The summed E-state index contributed by atoms with van der Waals surface area (Å²) < 4.78 is 6.19. The quantitative estimate of drug-likeness (QED) is 0.412. The van der Waals surface area contributed by atoms with Crippen molar-refractivity contribution in [3.05, 3.63) is 28.2 Å². The molecule has 0 heterocycles. The molecule has 0 aromatic heterocycles. The van der Waals surface area contributed by atoms with Crippen LogP contribution in [-0.4, -0.2) is 7.11 Å². The molecule has 102 valence electrons. The molecule has 1 rings (SSSR count). The number of hydrogen-bond acceptors (Lipinski definition) is 1. The molecule has 1 aromatic rings. The zero-order chi connectivity index (χ0) is 13.4. The largest absolute Gasteiger partial charge is 0.496 e. The minimum Gasteiger partial charge on any atom is -0.496 e. The van der Waals surface area contributed by atoms with E-state index in [1.54, 1.807) is 7.11 Å². The van der Waals surface area contributed by atoms with Gasteiger partial charge in [-0.25, -0.2) is 0 Å². The van der Waals surface area contributed by atoms with E-state index in [0.717, 1.165) is 16.6 Å². The highest BCUT2D eigenvalue weighted by Gasteiger charge is 2.10. The summed E-state index contributed by atoms with van der Waals surface area (Å²) >= 11 is 9.92. The first-order chi connectivity index (χ1) is 8.69. The summed E-state index contributed by atoms with van der Waals surface area (Å²) in [7, 11) is 1.67. The van der Waals surface area contributed by atoms with Gasteiger partial charge in [0.2, 0.25) is 0 Å². The molecule has 0 saturated heterocycles. The average Bonchev–Trinajstić information content (AvgIpc) is 2.38. The SMILES string of the molecule is CCCCCCCC(Cl)c1ccc(OC)c(Br)c1. The molecule has 0 spiro atoms. The summed E-state index contributed by atoms with van der Waals surface area (Å²) in [5.41, 5.74) is 1.17. The van der Waals surface area contributed by atoms with Crippen molar-refractivity contribution in [2.24, 2.45) is 0 Å². The third-order valence-corrected chi connectivity index (χ3v) is 4.19. The van der Waals surface area contributed by atoms with Gasteiger partial charge < -0.3 is 4.74 Å². The standard InChI is InChI=1S/C15H22BrClO/c1-3-4-5-6-7-8-14(17)12-9-10-15(18-2)13(16)11-12/h9-11,14H,3-8H2,1-2H3. The van der Waals surface area contributed by atoms with Crippen molar-refractivity contribution in [3.8, 4) is 5.75 Å². The van der Waals surface area contributed by atoms with E-state index >= 15 is 0 Å². The third-order valence-electron chi connectivity index (χ3n) is 3.10. The van der Waals surface area contributed by atoms with Gasteiger partial charge in [0.25, 0.3) is 0 Å². The summed E-state index contributed by atoms with van der Waals surface area (Å²) in [4.78, 5) is 0. The Morgan fingerprint density at radius 3 is 2.56 bits per heavy atom. The molecule has 1 atom stereocenters. The first-order valence-electron chi connectivity index (χ1n) is 6.66. The van der Waals surface area contributed by atoms with Crippen LogP contribution in [0.25, 0.3) is 0 Å². The summed E-state index contributed by atoms with van der Waals surface area (Å²) in [6.45, 7) is 2.24. The Hall–Kier alpha value is -0.210. The van der Waals surface area contributed by atoms with E-state index in [9.17, 15) is 0 Å². The third kappa shape index (κ3) is 5.19. The Morgan fingerprint density at radius 1 is 1.22 bits per heavy atom. The lowest BCUT2D eigenvalue weighted by molar-refractivity contribution is 0.412. The van der Waals surface area contributed by atoms with Gasteiger partial charge in [0.05, 0.1) is 17.0 Å². The molecule has 18 heavy (non-hydrogen) atoms. The van der Waals surface area contributed by atoms with Crippen molar-refractivity contribution in [2.75, 3.05) is 7.11 Å². The van der Waals surface area contributed by atoms with Gasteiger partial charge in [0.15, 0.2) is 0 Å². The van der Waals surface area contributed by atoms with Crippen LogP contribution in [0.3, 0.4) is 0 Å². The fourth-order valence-electron chi connectivity index (χ4n) is 1.97. The van der Waals surface area contributed by atoms with Gasteiger partial charge >= 0.3 is 0 Å². The van der Waals surface area contributed by atoms with E-state index in [1.165, 1.54) is 37.7 Å². The van der Waals surface area contributed by atoms with Crippen LogP contribution in [0, 0.1) is 0 Å². The van der Waals surface area contributed by atoms with Crippen molar-refractivity contribution in [1.29, 1.82) is 0 Å². The summed E-state index contributed by atoms with van der Waals surface area (Å²) in [6.07, 6.45) is 7.49. The second-order valence-corrected chi connectivity index (χ2v) is 5.95. The normalized spacial score (nSPS) is 12.4. The second-order valence-electron chi connectivity index (χ2n) is 4.56. The van der Waals surface area contributed by atoms with E-state index < -0.39 is 0 Å². The van der Waals surface area contributed by atoms with E-state index in [1.807, 2.05) is 12.1 Å². The minimum absolute atomic E-state index is 0.105. The molecule has 0 N–H and O–H groups in total. The van der Waals surface area contributed by atoms with Crippen LogP contribution in [0.15, 0.2) is 22.7 Å². The van der Waals surface area contributed by atoms with Crippen LogP contribution in [0.2, 0.25) is 0 Å². The van der Waals surface area contributed by atoms with E-state index in [0.29, 0.717) is 0 Å². The predicted molar refractivity (Wildman–Crippen MR) is 82.7 cm³/mol. The van der Waals surface area contributed by atoms with Crippen LogP contribution in [-0.2, 0) is 0 Å². The number of unbranched alkanes of at least 4 members (excludes halogenated alkanes) is 4. The van der Waals surface area contributed by atoms with Crippen molar-refractivity contribution in [2.45, 2.75) is 50.8 Å². The van der Waals surface area contributed by atoms with Crippen molar-refractivity contribution in [3.63, 3.8) is 0 Å². The van der Waals surface area contributed by atoms with Crippen LogP contribution >= 0.6 is 27.5 Å². The Bertz CT molecular complexity index is 354. The van der Waals surface area contributed by atoms with E-state index in [2.05, 4.69) is 28.9 Å². The van der Waals surface area contributed by atoms with Crippen molar-refractivity contribution < 1.29 is 4.74 Å². The second kappa shape index (κ2) is 8.82. The van der Waals surface area contributed by atoms with Crippen LogP contribution in [0.4, 0.5) is 0 Å². The molecule has 1 aromatic carbocycles. The van der Waals surface area contributed by atoms with Gasteiger partial charge in [-0.1, -0.05) is 45.1 Å². The average molecular weight is 334 g/mol. The zero-order valence-corrected chi connectivity index (χ0v) is 13.6. The molecule has 3 heteroatoms. The number of methoxy groups -OCH3 is 1. The minimum atomic E-state index is 0.105. The number of benzene rings is 1. The van der Waals surface area contributed by atoms with Gasteiger partial charge in [-0.3, -0.25) is 0 Å². The number of halogens is 2. The van der Waals surface area contributed by atoms with Gasteiger partial charge in [0.1, 0.15) is 5.75 Å². The maximum atomic E-state index is 6.42. The van der Waals surface area contributed by atoms with Gasteiger partial charge in [-0.15, -0.1) is 11.6 Å². The van der Waals surface area contributed by atoms with Gasteiger partial charge in [-0.05, 0) is 40.0 Å². The smallest absolute Gasteiger partial charge is 0.133 e. The Balaban J connectivity index is 2.41. The lowest BCUT2D eigenvalue weighted by atomic mass is 10.0. The number of alkyl halides is 1. The molecular formula is C15H22BrClO. The summed E-state index contributed by atoms with van der Waals surface area (Å²) in [5, 5.41) is 0.105. The Labute approximate surface area is 124 Å². The van der Waals surface area contributed by atoms with Crippen molar-refractivity contribution in [1.82, 2.24) is 0 Å². The van der Waals surface area contributed by atoms with Gasteiger partial charge in [-0.2, -0.15) is 0 Å². The fourth-order valence-corrected chi connectivity index (χ4v) is 2.82. The Morgan fingerprint density at radius 2 is 1.94 bits per heavy atom. The maximum Gasteiger partial charge on any atom is 0.133 e.